The Labute approximate surface area is 153 Å². The molecular weight excluding hydrogens is 344 g/mol. The number of benzene rings is 1. The van der Waals surface area contributed by atoms with Gasteiger partial charge in [0.2, 0.25) is 11.8 Å². The smallest absolute Gasteiger partial charge is 0.248 e. The monoisotopic (exact) mass is 368 g/mol. The summed E-state index contributed by atoms with van der Waals surface area (Å²) in [6.45, 7) is 3.84. The number of carbonyl (C=O) groups excluding carboxylic acids is 2. The average Bonchev–Trinajstić information content (AvgIpc) is 2.61. The van der Waals surface area contributed by atoms with Crippen LogP contribution in [0.4, 0.5) is 0 Å². The number of aryl methyl sites for hydroxylation is 1. The van der Waals surface area contributed by atoms with E-state index >= 15 is 0 Å². The molecule has 0 aromatic heterocycles. The molecule has 1 N–H and O–H groups in total. The number of para-hydroxylation sites is 1. The number of methoxy groups -OCH3 is 1. The van der Waals surface area contributed by atoms with Crippen molar-refractivity contribution in [3.63, 3.8) is 0 Å². The lowest BCUT2D eigenvalue weighted by Crippen LogP contribution is -2.47. The molecule has 2 rings (SSSR count). The molecule has 1 heterocycles. The van der Waals surface area contributed by atoms with Gasteiger partial charge in [0.15, 0.2) is 0 Å². The molecule has 1 fully saturated rings. The highest BCUT2D eigenvalue weighted by Gasteiger charge is 2.28. The fourth-order valence-corrected chi connectivity index (χ4v) is 3.18. The van der Waals surface area contributed by atoms with Gasteiger partial charge in [0.25, 0.3) is 0 Å². The minimum absolute atomic E-state index is 0.0469. The van der Waals surface area contributed by atoms with E-state index in [1.54, 1.807) is 11.0 Å². The summed E-state index contributed by atoms with van der Waals surface area (Å²) in [5, 5.41) is 3.44. The second-order valence-electron chi connectivity index (χ2n) is 6.14. The molecule has 1 unspecified atom stereocenters. The van der Waals surface area contributed by atoms with Gasteiger partial charge >= 0.3 is 0 Å². The van der Waals surface area contributed by atoms with Crippen LogP contribution in [0.25, 0.3) is 0 Å². The molecule has 1 aromatic rings. The van der Waals surface area contributed by atoms with Crippen LogP contribution in [0.3, 0.4) is 0 Å². The molecule has 6 nitrogen and oxygen atoms in total. The Morgan fingerprint density at radius 2 is 2.20 bits per heavy atom. The van der Waals surface area contributed by atoms with E-state index in [1.807, 2.05) is 19.1 Å². The normalized spacial score (nSPS) is 17.2. The van der Waals surface area contributed by atoms with Crippen LogP contribution in [-0.2, 0) is 14.3 Å². The van der Waals surface area contributed by atoms with E-state index in [0.717, 1.165) is 18.4 Å². The molecule has 1 atom stereocenters. The Kier molecular flexibility index (Phi) is 7.52. The van der Waals surface area contributed by atoms with Crippen molar-refractivity contribution in [3.05, 3.63) is 28.8 Å². The van der Waals surface area contributed by atoms with Crippen LogP contribution < -0.4 is 10.1 Å². The van der Waals surface area contributed by atoms with Crippen LogP contribution in [0.15, 0.2) is 18.2 Å². The standard InChI is InChI=1S/C18H25ClN2O4/c1-13-5-3-7-15(19)17(13)25-10-8-20-18(23)14-6-4-9-21(11-14)16(22)12-24-2/h3,5,7,14H,4,6,8-12H2,1-2H3,(H,20,23). The van der Waals surface area contributed by atoms with E-state index in [0.29, 0.717) is 37.0 Å². The second kappa shape index (κ2) is 9.63. The highest BCUT2D eigenvalue weighted by atomic mass is 35.5. The molecule has 1 saturated heterocycles. The third-order valence-corrected chi connectivity index (χ3v) is 4.52. The maximum atomic E-state index is 12.3. The van der Waals surface area contributed by atoms with Gasteiger partial charge in [-0.25, -0.2) is 0 Å². The van der Waals surface area contributed by atoms with E-state index in [4.69, 9.17) is 21.1 Å². The van der Waals surface area contributed by atoms with Gasteiger partial charge in [-0.1, -0.05) is 23.7 Å². The van der Waals surface area contributed by atoms with E-state index in [9.17, 15) is 9.59 Å². The summed E-state index contributed by atoms with van der Waals surface area (Å²) in [7, 11) is 1.49. The van der Waals surface area contributed by atoms with E-state index in [-0.39, 0.29) is 24.3 Å². The van der Waals surface area contributed by atoms with E-state index in [2.05, 4.69) is 5.32 Å². The van der Waals surface area contributed by atoms with Gasteiger partial charge in [0.1, 0.15) is 19.0 Å². The van der Waals surface area contributed by atoms with Crippen LogP contribution in [0.2, 0.25) is 5.02 Å². The Hall–Kier alpha value is -1.79. The Morgan fingerprint density at radius 1 is 1.40 bits per heavy atom. The quantitative estimate of drug-likeness (QED) is 0.748. The van der Waals surface area contributed by atoms with Gasteiger partial charge in [-0.05, 0) is 31.4 Å². The van der Waals surface area contributed by atoms with Crippen molar-refractivity contribution in [2.24, 2.45) is 5.92 Å². The zero-order chi connectivity index (χ0) is 18.2. The summed E-state index contributed by atoms with van der Waals surface area (Å²) in [6, 6.07) is 5.57. The number of carbonyl (C=O) groups is 2. The number of hydrogen-bond acceptors (Lipinski definition) is 4. The summed E-state index contributed by atoms with van der Waals surface area (Å²) in [5.41, 5.74) is 0.957. The van der Waals surface area contributed by atoms with Gasteiger partial charge in [-0.3, -0.25) is 9.59 Å². The first-order valence-corrected chi connectivity index (χ1v) is 8.83. The number of ether oxygens (including phenoxy) is 2. The van der Waals surface area contributed by atoms with Crippen LogP contribution in [0, 0.1) is 12.8 Å². The predicted octanol–water partition coefficient (Wildman–Crippen LogP) is 2.03. The van der Waals surface area contributed by atoms with Crippen molar-refractivity contribution in [1.82, 2.24) is 10.2 Å². The summed E-state index contributed by atoms with van der Waals surface area (Å²) in [6.07, 6.45) is 1.61. The molecule has 0 bridgehead atoms. The summed E-state index contributed by atoms with van der Waals surface area (Å²) >= 11 is 6.10. The predicted molar refractivity (Wildman–Crippen MR) is 95.9 cm³/mol. The van der Waals surface area contributed by atoms with Gasteiger partial charge < -0.3 is 19.7 Å². The number of likely N-dealkylation sites (tertiary alicyclic amines) is 1. The number of nitrogens with zero attached hydrogens (tertiary/aromatic N) is 1. The topological polar surface area (TPSA) is 67.9 Å². The molecule has 0 aliphatic carbocycles. The zero-order valence-electron chi connectivity index (χ0n) is 14.7. The molecule has 1 aromatic carbocycles. The molecule has 1 aliphatic heterocycles. The number of amides is 2. The number of piperidine rings is 1. The lowest BCUT2D eigenvalue weighted by molar-refractivity contribution is -0.138. The van der Waals surface area contributed by atoms with Crippen molar-refractivity contribution in [3.8, 4) is 5.75 Å². The number of hydrogen-bond donors (Lipinski definition) is 1. The van der Waals surface area contributed by atoms with E-state index in [1.165, 1.54) is 7.11 Å². The number of nitrogens with one attached hydrogen (secondary N) is 1. The van der Waals surface area contributed by atoms with Crippen LogP contribution >= 0.6 is 11.6 Å². The molecule has 2 amide bonds. The molecule has 0 radical (unpaired) electrons. The molecule has 0 saturated carbocycles. The van der Waals surface area contributed by atoms with Crippen molar-refractivity contribution in [2.45, 2.75) is 19.8 Å². The second-order valence-corrected chi connectivity index (χ2v) is 6.54. The summed E-state index contributed by atoms with van der Waals surface area (Å²) in [5.74, 6) is 0.343. The Bertz CT molecular complexity index is 588. The van der Waals surface area contributed by atoms with Crippen LogP contribution in [0.5, 0.6) is 5.75 Å². The largest absolute Gasteiger partial charge is 0.490 e. The van der Waals surface area contributed by atoms with Crippen molar-refractivity contribution in [2.75, 3.05) is 40.0 Å². The molecule has 0 spiro atoms. The fourth-order valence-electron chi connectivity index (χ4n) is 2.90. The first-order valence-electron chi connectivity index (χ1n) is 8.45. The van der Waals surface area contributed by atoms with E-state index < -0.39 is 0 Å². The van der Waals surface area contributed by atoms with Crippen LogP contribution in [-0.4, -0.2) is 56.7 Å². The molecule has 7 heteroatoms. The fraction of sp³-hybridized carbons (Fsp3) is 0.556. The van der Waals surface area contributed by atoms with Gasteiger partial charge in [0, 0.05) is 20.2 Å². The molecular formula is C18H25ClN2O4. The third kappa shape index (κ3) is 5.61. The van der Waals surface area contributed by atoms with Crippen molar-refractivity contribution < 1.29 is 19.1 Å². The maximum absolute atomic E-state index is 12.3. The zero-order valence-corrected chi connectivity index (χ0v) is 15.5. The van der Waals surface area contributed by atoms with Crippen molar-refractivity contribution in [1.29, 1.82) is 0 Å². The Morgan fingerprint density at radius 3 is 2.92 bits per heavy atom. The third-order valence-electron chi connectivity index (χ3n) is 4.22. The van der Waals surface area contributed by atoms with Crippen LogP contribution in [0.1, 0.15) is 18.4 Å². The minimum atomic E-state index is -0.184. The van der Waals surface area contributed by atoms with Crippen molar-refractivity contribution >= 4 is 23.4 Å². The number of rotatable bonds is 7. The summed E-state index contributed by atoms with van der Waals surface area (Å²) in [4.78, 5) is 25.9. The SMILES string of the molecule is COCC(=O)N1CCCC(C(=O)NCCOc2c(C)cccc2Cl)C1. The first-order chi connectivity index (χ1) is 12.0. The van der Waals surface area contributed by atoms with Gasteiger partial charge in [-0.15, -0.1) is 0 Å². The average molecular weight is 369 g/mol. The molecule has 138 valence electrons. The lowest BCUT2D eigenvalue weighted by atomic mass is 9.97. The highest BCUT2D eigenvalue weighted by Crippen LogP contribution is 2.27. The number of halogens is 1. The summed E-state index contributed by atoms with van der Waals surface area (Å²) < 4.78 is 10.5. The highest BCUT2D eigenvalue weighted by molar-refractivity contribution is 6.32. The minimum Gasteiger partial charge on any atom is -0.490 e. The maximum Gasteiger partial charge on any atom is 0.248 e. The first kappa shape index (κ1) is 19.5. The van der Waals surface area contributed by atoms with Gasteiger partial charge in [0.05, 0.1) is 17.5 Å². The van der Waals surface area contributed by atoms with Gasteiger partial charge in [-0.2, -0.15) is 0 Å². The Balaban J connectivity index is 1.75. The molecule has 1 aliphatic rings. The molecule has 25 heavy (non-hydrogen) atoms. The lowest BCUT2D eigenvalue weighted by Gasteiger charge is -2.31.